The van der Waals surface area contributed by atoms with E-state index in [1.165, 1.54) is 12.1 Å². The van der Waals surface area contributed by atoms with Crippen molar-refractivity contribution in [2.45, 2.75) is 6.54 Å². The number of hydrogen-bond acceptors (Lipinski definition) is 5. The Bertz CT molecular complexity index is 1060. The lowest BCUT2D eigenvalue weighted by molar-refractivity contribution is -0.384. The lowest BCUT2D eigenvalue weighted by atomic mass is 10.2. The minimum atomic E-state index is -0.419. The Hall–Kier alpha value is -3.74. The first kappa shape index (κ1) is 15.8. The Morgan fingerprint density at radius 2 is 1.81 bits per heavy atom. The topological polar surface area (TPSA) is 96.7 Å². The molecule has 0 spiro atoms. The molecular weight excluding hydrogens is 330 g/mol. The van der Waals surface area contributed by atoms with Gasteiger partial charge in [-0.15, -0.1) is 0 Å². The molecule has 0 radical (unpaired) electrons. The van der Waals surface area contributed by atoms with E-state index < -0.39 is 4.92 Å². The van der Waals surface area contributed by atoms with Crippen LogP contribution in [0, 0.1) is 10.1 Å². The molecule has 7 nitrogen and oxygen atoms in total. The zero-order valence-electron chi connectivity index (χ0n) is 13.7. The molecule has 4 rings (SSSR count). The number of H-pyrrole nitrogens is 1. The average molecular weight is 345 g/mol. The summed E-state index contributed by atoms with van der Waals surface area (Å²) in [5, 5.41) is 14.1. The van der Waals surface area contributed by atoms with E-state index in [0.29, 0.717) is 18.2 Å². The molecule has 0 fully saturated rings. The van der Waals surface area contributed by atoms with Gasteiger partial charge in [-0.05, 0) is 23.8 Å². The van der Waals surface area contributed by atoms with E-state index in [2.05, 4.69) is 20.3 Å². The van der Waals surface area contributed by atoms with Gasteiger partial charge < -0.3 is 10.3 Å². The van der Waals surface area contributed by atoms with Crippen molar-refractivity contribution in [2.75, 3.05) is 5.32 Å². The predicted octanol–water partition coefficient (Wildman–Crippen LogP) is 4.15. The molecule has 0 saturated heterocycles. The number of imidazole rings is 1. The monoisotopic (exact) mass is 345 g/mol. The van der Waals surface area contributed by atoms with Crippen LogP contribution in [0.5, 0.6) is 0 Å². The molecule has 128 valence electrons. The molecule has 2 heterocycles. The average Bonchev–Trinajstić information content (AvgIpc) is 3.12. The maximum Gasteiger partial charge on any atom is 0.269 e. The summed E-state index contributed by atoms with van der Waals surface area (Å²) >= 11 is 0. The highest BCUT2D eigenvalue weighted by atomic mass is 16.6. The Kier molecular flexibility index (Phi) is 4.03. The molecule has 0 bridgehead atoms. The van der Waals surface area contributed by atoms with Crippen LogP contribution in [0.1, 0.15) is 5.56 Å². The Labute approximate surface area is 148 Å². The molecule has 0 aliphatic heterocycles. The summed E-state index contributed by atoms with van der Waals surface area (Å²) in [4.78, 5) is 22.6. The van der Waals surface area contributed by atoms with Gasteiger partial charge in [-0.1, -0.05) is 30.3 Å². The second kappa shape index (κ2) is 6.64. The first-order valence-electron chi connectivity index (χ1n) is 8.08. The number of nitro groups is 1. The second-order valence-electron chi connectivity index (χ2n) is 5.78. The van der Waals surface area contributed by atoms with Crippen molar-refractivity contribution in [1.82, 2.24) is 15.0 Å². The summed E-state index contributed by atoms with van der Waals surface area (Å²) in [5.74, 6) is 1.33. The van der Waals surface area contributed by atoms with Crippen LogP contribution < -0.4 is 5.32 Å². The maximum absolute atomic E-state index is 10.8. The third-order valence-electron chi connectivity index (χ3n) is 4.06. The van der Waals surface area contributed by atoms with E-state index in [1.807, 2.05) is 36.4 Å². The summed E-state index contributed by atoms with van der Waals surface area (Å²) in [5.41, 5.74) is 3.57. The van der Waals surface area contributed by atoms with Crippen LogP contribution in [0.3, 0.4) is 0 Å². The SMILES string of the molecule is O=[N+]([O-])c1ccc(-c2nc3c(NCc4ccccc4)nccc3[nH]2)cc1. The van der Waals surface area contributed by atoms with Crippen LogP contribution in [0.2, 0.25) is 0 Å². The molecule has 2 aromatic carbocycles. The highest BCUT2D eigenvalue weighted by Gasteiger charge is 2.11. The number of nitrogens with zero attached hydrogens (tertiary/aromatic N) is 3. The molecule has 2 N–H and O–H groups in total. The van der Waals surface area contributed by atoms with Crippen molar-refractivity contribution in [2.24, 2.45) is 0 Å². The Morgan fingerprint density at radius 3 is 2.54 bits per heavy atom. The van der Waals surface area contributed by atoms with Gasteiger partial charge in [-0.3, -0.25) is 10.1 Å². The third kappa shape index (κ3) is 3.10. The summed E-state index contributed by atoms with van der Waals surface area (Å²) in [6, 6.07) is 18.2. The number of non-ortho nitro benzene ring substituents is 1. The van der Waals surface area contributed by atoms with Crippen molar-refractivity contribution in [1.29, 1.82) is 0 Å². The van der Waals surface area contributed by atoms with Crippen LogP contribution in [0.4, 0.5) is 11.5 Å². The zero-order valence-corrected chi connectivity index (χ0v) is 13.7. The number of nitrogens with one attached hydrogen (secondary N) is 2. The van der Waals surface area contributed by atoms with Crippen molar-refractivity contribution in [3.05, 3.63) is 82.5 Å². The number of hydrogen-bond donors (Lipinski definition) is 2. The van der Waals surface area contributed by atoms with Crippen LogP contribution in [-0.4, -0.2) is 19.9 Å². The van der Waals surface area contributed by atoms with Gasteiger partial charge in [0.1, 0.15) is 11.3 Å². The van der Waals surface area contributed by atoms with Gasteiger partial charge in [-0.25, -0.2) is 9.97 Å². The van der Waals surface area contributed by atoms with E-state index in [9.17, 15) is 10.1 Å². The number of aromatic nitrogens is 3. The molecular formula is C19H15N5O2. The number of fused-ring (bicyclic) bond motifs is 1. The van der Waals surface area contributed by atoms with Gasteiger partial charge in [0.15, 0.2) is 5.82 Å². The fraction of sp³-hybridized carbons (Fsp3) is 0.0526. The summed E-state index contributed by atoms with van der Waals surface area (Å²) < 4.78 is 0. The van der Waals surface area contributed by atoms with Crippen molar-refractivity contribution in [3.8, 4) is 11.4 Å². The number of benzene rings is 2. The van der Waals surface area contributed by atoms with Gasteiger partial charge in [0, 0.05) is 30.4 Å². The second-order valence-corrected chi connectivity index (χ2v) is 5.78. The smallest absolute Gasteiger partial charge is 0.269 e. The Balaban J connectivity index is 1.63. The van der Waals surface area contributed by atoms with Gasteiger partial charge >= 0.3 is 0 Å². The number of nitro benzene ring substituents is 1. The van der Waals surface area contributed by atoms with Gasteiger partial charge in [-0.2, -0.15) is 0 Å². The molecule has 0 amide bonds. The molecule has 26 heavy (non-hydrogen) atoms. The van der Waals surface area contributed by atoms with Crippen molar-refractivity contribution >= 4 is 22.5 Å². The molecule has 2 aromatic heterocycles. The number of rotatable bonds is 5. The third-order valence-corrected chi connectivity index (χ3v) is 4.06. The van der Waals surface area contributed by atoms with Gasteiger partial charge in [0.2, 0.25) is 0 Å². The normalized spacial score (nSPS) is 10.8. The van der Waals surface area contributed by atoms with E-state index >= 15 is 0 Å². The predicted molar refractivity (Wildman–Crippen MR) is 99.7 cm³/mol. The van der Waals surface area contributed by atoms with Crippen molar-refractivity contribution < 1.29 is 4.92 Å². The number of anilines is 1. The standard InChI is InChI=1S/C19H15N5O2/c25-24(26)15-8-6-14(7-9-15)18-22-16-10-11-20-19(17(16)23-18)21-12-13-4-2-1-3-5-13/h1-11H,12H2,(H,20,21)(H,22,23). The fourth-order valence-electron chi connectivity index (χ4n) is 2.72. The highest BCUT2D eigenvalue weighted by molar-refractivity contribution is 5.88. The maximum atomic E-state index is 10.8. The van der Waals surface area contributed by atoms with Gasteiger partial charge in [0.25, 0.3) is 5.69 Å². The van der Waals surface area contributed by atoms with E-state index in [4.69, 9.17) is 0 Å². The largest absolute Gasteiger partial charge is 0.364 e. The Morgan fingerprint density at radius 1 is 1.04 bits per heavy atom. The van der Waals surface area contributed by atoms with E-state index in [1.54, 1.807) is 18.3 Å². The highest BCUT2D eigenvalue weighted by Crippen LogP contribution is 2.25. The van der Waals surface area contributed by atoms with Gasteiger partial charge in [0.05, 0.1) is 10.4 Å². The fourth-order valence-corrected chi connectivity index (χ4v) is 2.72. The molecule has 0 unspecified atom stereocenters. The van der Waals surface area contributed by atoms with E-state index in [0.717, 1.165) is 22.2 Å². The lowest BCUT2D eigenvalue weighted by Gasteiger charge is -2.05. The number of pyridine rings is 1. The molecule has 4 aromatic rings. The molecule has 0 atom stereocenters. The summed E-state index contributed by atoms with van der Waals surface area (Å²) in [6.07, 6.45) is 1.72. The van der Waals surface area contributed by atoms with Crippen LogP contribution in [0.15, 0.2) is 66.9 Å². The summed E-state index contributed by atoms with van der Waals surface area (Å²) in [7, 11) is 0. The number of aromatic amines is 1. The lowest BCUT2D eigenvalue weighted by Crippen LogP contribution is -2.01. The van der Waals surface area contributed by atoms with Crippen molar-refractivity contribution in [3.63, 3.8) is 0 Å². The molecule has 0 saturated carbocycles. The quantitative estimate of drug-likeness (QED) is 0.418. The van der Waals surface area contributed by atoms with Crippen LogP contribution in [0.25, 0.3) is 22.4 Å². The molecule has 0 aliphatic rings. The van der Waals surface area contributed by atoms with Crippen LogP contribution in [-0.2, 0) is 6.54 Å². The van der Waals surface area contributed by atoms with Crippen LogP contribution >= 0.6 is 0 Å². The first-order valence-corrected chi connectivity index (χ1v) is 8.08. The molecule has 7 heteroatoms. The van der Waals surface area contributed by atoms with E-state index in [-0.39, 0.29) is 5.69 Å². The summed E-state index contributed by atoms with van der Waals surface area (Å²) in [6.45, 7) is 0.646. The zero-order chi connectivity index (χ0) is 17.9. The minimum absolute atomic E-state index is 0.0525. The minimum Gasteiger partial charge on any atom is -0.364 e. The first-order chi connectivity index (χ1) is 12.7. The molecule has 0 aliphatic carbocycles.